The molecule has 20 heavy (non-hydrogen) atoms. The van der Waals surface area contributed by atoms with E-state index in [0.717, 1.165) is 28.1 Å². The van der Waals surface area contributed by atoms with Crippen molar-refractivity contribution in [3.8, 4) is 5.75 Å². The molecule has 0 atom stereocenters. The number of allylic oxidation sites excluding steroid dienone is 2. The number of anilines is 1. The summed E-state index contributed by atoms with van der Waals surface area (Å²) in [7, 11) is 1.62. The van der Waals surface area contributed by atoms with Crippen molar-refractivity contribution < 1.29 is 4.74 Å². The summed E-state index contributed by atoms with van der Waals surface area (Å²) in [5.74, 6) is 0.702. The molecule has 3 nitrogen and oxygen atoms in total. The Bertz CT molecular complexity index is 660. The summed E-state index contributed by atoms with van der Waals surface area (Å²) in [6.45, 7) is 6.16. The average molecular weight is 268 g/mol. The first-order valence-corrected chi connectivity index (χ1v) is 6.58. The number of benzene rings is 1. The van der Waals surface area contributed by atoms with Crippen molar-refractivity contribution in [1.29, 1.82) is 0 Å². The molecule has 0 amide bonds. The van der Waals surface area contributed by atoms with Crippen LogP contribution in [0.2, 0.25) is 0 Å². The van der Waals surface area contributed by atoms with Crippen molar-refractivity contribution in [2.45, 2.75) is 20.8 Å². The van der Waals surface area contributed by atoms with E-state index >= 15 is 0 Å². The Morgan fingerprint density at radius 3 is 2.45 bits per heavy atom. The van der Waals surface area contributed by atoms with Gasteiger partial charge in [-0.25, -0.2) is 0 Å². The van der Waals surface area contributed by atoms with E-state index in [4.69, 9.17) is 10.5 Å². The standard InChI is InChI=1S/C17H20N2O/c1-11-6-5-7-16(19-11)13(3)12(2)14-8-9-17(20-4)15(18)10-14/h5-10H,18H2,1-4H3/b13-12-. The molecular formula is C17H20N2O. The van der Waals surface area contributed by atoms with Gasteiger partial charge in [0, 0.05) is 5.69 Å². The zero-order valence-corrected chi connectivity index (χ0v) is 12.4. The maximum absolute atomic E-state index is 5.97. The first-order valence-electron chi connectivity index (χ1n) is 6.58. The summed E-state index contributed by atoms with van der Waals surface area (Å²) in [4.78, 5) is 4.56. The van der Waals surface area contributed by atoms with E-state index in [0.29, 0.717) is 11.4 Å². The summed E-state index contributed by atoms with van der Waals surface area (Å²) in [5.41, 5.74) is 12.0. The third-order valence-electron chi connectivity index (χ3n) is 3.50. The van der Waals surface area contributed by atoms with E-state index < -0.39 is 0 Å². The minimum Gasteiger partial charge on any atom is -0.495 e. The number of aryl methyl sites for hydroxylation is 1. The van der Waals surface area contributed by atoms with Crippen molar-refractivity contribution in [1.82, 2.24) is 4.98 Å². The second-order valence-electron chi connectivity index (χ2n) is 4.87. The predicted octanol–water partition coefficient (Wildman–Crippen LogP) is 3.93. The van der Waals surface area contributed by atoms with Crippen LogP contribution in [0.3, 0.4) is 0 Å². The molecule has 2 rings (SSSR count). The maximum atomic E-state index is 5.97. The van der Waals surface area contributed by atoms with E-state index in [2.05, 4.69) is 18.8 Å². The number of hydrogen-bond donors (Lipinski definition) is 1. The Kier molecular flexibility index (Phi) is 4.08. The molecule has 0 saturated carbocycles. The lowest BCUT2D eigenvalue weighted by Gasteiger charge is -2.11. The molecular weight excluding hydrogens is 248 g/mol. The lowest BCUT2D eigenvalue weighted by atomic mass is 9.99. The number of rotatable bonds is 3. The molecule has 3 heteroatoms. The number of methoxy groups -OCH3 is 1. The zero-order valence-electron chi connectivity index (χ0n) is 12.4. The van der Waals surface area contributed by atoms with Crippen LogP contribution in [0.4, 0.5) is 5.69 Å². The van der Waals surface area contributed by atoms with E-state index in [1.54, 1.807) is 7.11 Å². The van der Waals surface area contributed by atoms with Crippen LogP contribution < -0.4 is 10.5 Å². The van der Waals surface area contributed by atoms with Crippen LogP contribution in [0.15, 0.2) is 36.4 Å². The van der Waals surface area contributed by atoms with Gasteiger partial charge in [0.2, 0.25) is 0 Å². The topological polar surface area (TPSA) is 48.1 Å². The number of hydrogen-bond acceptors (Lipinski definition) is 3. The fraction of sp³-hybridized carbons (Fsp3) is 0.235. The molecule has 104 valence electrons. The van der Waals surface area contributed by atoms with Crippen LogP contribution in [-0.2, 0) is 0 Å². The molecule has 2 aromatic rings. The van der Waals surface area contributed by atoms with Crippen molar-refractivity contribution in [3.05, 3.63) is 53.3 Å². The highest BCUT2D eigenvalue weighted by atomic mass is 16.5. The van der Waals surface area contributed by atoms with E-state index in [-0.39, 0.29) is 0 Å². The van der Waals surface area contributed by atoms with Crippen molar-refractivity contribution >= 4 is 16.8 Å². The second-order valence-corrected chi connectivity index (χ2v) is 4.87. The Hall–Kier alpha value is -2.29. The van der Waals surface area contributed by atoms with Crippen LogP contribution in [-0.4, -0.2) is 12.1 Å². The van der Waals surface area contributed by atoms with Crippen LogP contribution in [0.5, 0.6) is 5.75 Å². The monoisotopic (exact) mass is 268 g/mol. The summed E-state index contributed by atoms with van der Waals surface area (Å²) in [6, 6.07) is 11.9. The first-order chi connectivity index (χ1) is 9.52. The molecule has 2 N–H and O–H groups in total. The van der Waals surface area contributed by atoms with Gasteiger partial charge in [-0.1, -0.05) is 12.1 Å². The van der Waals surface area contributed by atoms with Gasteiger partial charge in [-0.3, -0.25) is 4.98 Å². The van der Waals surface area contributed by atoms with Gasteiger partial charge >= 0.3 is 0 Å². The van der Waals surface area contributed by atoms with Crippen LogP contribution in [0.25, 0.3) is 11.1 Å². The third kappa shape index (κ3) is 2.82. The highest BCUT2D eigenvalue weighted by Crippen LogP contribution is 2.29. The van der Waals surface area contributed by atoms with Crippen LogP contribution in [0.1, 0.15) is 30.8 Å². The van der Waals surface area contributed by atoms with Gasteiger partial charge in [0.15, 0.2) is 0 Å². The Labute approximate surface area is 120 Å². The molecule has 0 aliphatic rings. The van der Waals surface area contributed by atoms with Gasteiger partial charge in [-0.15, -0.1) is 0 Å². The Balaban J connectivity index is 2.45. The molecule has 0 unspecified atom stereocenters. The van der Waals surface area contributed by atoms with E-state index in [9.17, 15) is 0 Å². The lowest BCUT2D eigenvalue weighted by Crippen LogP contribution is -1.95. The smallest absolute Gasteiger partial charge is 0.141 e. The number of nitrogen functional groups attached to an aromatic ring is 1. The Morgan fingerprint density at radius 2 is 1.85 bits per heavy atom. The molecule has 1 aromatic heterocycles. The largest absolute Gasteiger partial charge is 0.495 e. The van der Waals surface area contributed by atoms with Crippen molar-refractivity contribution in [2.24, 2.45) is 0 Å². The normalized spacial score (nSPS) is 12.0. The summed E-state index contributed by atoms with van der Waals surface area (Å²) < 4.78 is 5.19. The number of ether oxygens (including phenoxy) is 1. The molecule has 0 fully saturated rings. The first kappa shape index (κ1) is 14.1. The fourth-order valence-electron chi connectivity index (χ4n) is 2.13. The predicted molar refractivity (Wildman–Crippen MR) is 84.5 cm³/mol. The fourth-order valence-corrected chi connectivity index (χ4v) is 2.13. The van der Waals surface area contributed by atoms with Gasteiger partial charge in [0.05, 0.1) is 18.5 Å². The van der Waals surface area contributed by atoms with E-state index in [1.165, 1.54) is 0 Å². The average Bonchev–Trinajstić information content (AvgIpc) is 2.45. The van der Waals surface area contributed by atoms with E-state index in [1.807, 2.05) is 43.3 Å². The summed E-state index contributed by atoms with van der Waals surface area (Å²) >= 11 is 0. The molecule has 1 heterocycles. The molecule has 1 aromatic carbocycles. The zero-order chi connectivity index (χ0) is 14.7. The van der Waals surface area contributed by atoms with Gasteiger partial charge < -0.3 is 10.5 Å². The molecule has 0 bridgehead atoms. The summed E-state index contributed by atoms with van der Waals surface area (Å²) in [6.07, 6.45) is 0. The van der Waals surface area contributed by atoms with Crippen LogP contribution >= 0.6 is 0 Å². The SMILES string of the molecule is COc1ccc(/C(C)=C(/C)c2cccc(C)n2)cc1N. The van der Waals surface area contributed by atoms with Crippen molar-refractivity contribution in [3.63, 3.8) is 0 Å². The minimum absolute atomic E-state index is 0.648. The van der Waals surface area contributed by atoms with Gasteiger partial charge in [0.25, 0.3) is 0 Å². The van der Waals surface area contributed by atoms with Crippen molar-refractivity contribution in [2.75, 3.05) is 12.8 Å². The number of pyridine rings is 1. The minimum atomic E-state index is 0.648. The summed E-state index contributed by atoms with van der Waals surface area (Å²) in [5, 5.41) is 0. The second kappa shape index (κ2) is 5.78. The molecule has 0 saturated heterocycles. The van der Waals surface area contributed by atoms with Crippen LogP contribution in [0, 0.1) is 6.92 Å². The molecule has 0 aliphatic carbocycles. The lowest BCUT2D eigenvalue weighted by molar-refractivity contribution is 0.417. The van der Waals surface area contributed by atoms with Gasteiger partial charge in [-0.05, 0) is 61.7 Å². The highest BCUT2D eigenvalue weighted by molar-refractivity contribution is 5.88. The highest BCUT2D eigenvalue weighted by Gasteiger charge is 2.07. The molecule has 0 aliphatic heterocycles. The quantitative estimate of drug-likeness (QED) is 0.858. The number of nitrogens with zero attached hydrogens (tertiary/aromatic N) is 1. The van der Waals surface area contributed by atoms with Gasteiger partial charge in [0.1, 0.15) is 5.75 Å². The number of aromatic nitrogens is 1. The Morgan fingerprint density at radius 1 is 1.10 bits per heavy atom. The number of nitrogens with two attached hydrogens (primary N) is 1. The molecule has 0 radical (unpaired) electrons. The third-order valence-corrected chi connectivity index (χ3v) is 3.50. The maximum Gasteiger partial charge on any atom is 0.141 e. The van der Waals surface area contributed by atoms with Gasteiger partial charge in [-0.2, -0.15) is 0 Å². The molecule has 0 spiro atoms.